The molecule has 8 heteroatoms. The third-order valence-corrected chi connectivity index (χ3v) is 4.94. The Morgan fingerprint density at radius 2 is 2.00 bits per heavy atom. The predicted octanol–water partition coefficient (Wildman–Crippen LogP) is 0.685. The molecule has 1 amide bonds. The first-order valence-corrected chi connectivity index (χ1v) is 7.90. The Morgan fingerprint density at radius 3 is 2.52 bits per heavy atom. The van der Waals surface area contributed by atoms with E-state index in [1.54, 1.807) is 25.1 Å². The molecule has 2 rings (SSSR count). The lowest BCUT2D eigenvalue weighted by molar-refractivity contribution is -0.123. The molecule has 0 aliphatic heterocycles. The van der Waals surface area contributed by atoms with Crippen molar-refractivity contribution < 1.29 is 13.2 Å². The van der Waals surface area contributed by atoms with Crippen LogP contribution >= 0.6 is 12.4 Å². The minimum Gasteiger partial charge on any atom is -0.348 e. The number of hydrogen-bond acceptors (Lipinski definition) is 4. The SMILES string of the molecule is CNS(=O)(=O)c1cccc(C(C)NC(=O)C2(N)CC2)c1.Cl. The smallest absolute Gasteiger partial charge is 0.240 e. The van der Waals surface area contributed by atoms with Gasteiger partial charge in [-0.05, 0) is 44.5 Å². The van der Waals surface area contributed by atoms with E-state index >= 15 is 0 Å². The van der Waals surface area contributed by atoms with Crippen LogP contribution < -0.4 is 15.8 Å². The van der Waals surface area contributed by atoms with Gasteiger partial charge in [-0.2, -0.15) is 0 Å². The minimum atomic E-state index is -3.49. The number of nitrogens with two attached hydrogens (primary N) is 1. The van der Waals surface area contributed by atoms with Crippen LogP contribution in [-0.4, -0.2) is 26.9 Å². The van der Waals surface area contributed by atoms with Gasteiger partial charge in [-0.3, -0.25) is 4.79 Å². The summed E-state index contributed by atoms with van der Waals surface area (Å²) in [5.74, 6) is -0.188. The number of sulfonamides is 1. The van der Waals surface area contributed by atoms with Gasteiger partial charge in [0.1, 0.15) is 0 Å². The number of nitrogens with one attached hydrogen (secondary N) is 2. The largest absolute Gasteiger partial charge is 0.348 e. The summed E-state index contributed by atoms with van der Waals surface area (Å²) in [6, 6.07) is 6.19. The Bertz CT molecular complexity index is 629. The van der Waals surface area contributed by atoms with E-state index in [1.165, 1.54) is 13.1 Å². The molecule has 0 heterocycles. The topological polar surface area (TPSA) is 101 Å². The van der Waals surface area contributed by atoms with Gasteiger partial charge in [0.2, 0.25) is 15.9 Å². The van der Waals surface area contributed by atoms with Crippen LogP contribution in [0.25, 0.3) is 0 Å². The highest BCUT2D eigenvalue weighted by atomic mass is 35.5. The molecule has 0 aromatic heterocycles. The monoisotopic (exact) mass is 333 g/mol. The van der Waals surface area contributed by atoms with Gasteiger partial charge in [0.15, 0.2) is 0 Å². The lowest BCUT2D eigenvalue weighted by atomic mass is 10.1. The minimum absolute atomic E-state index is 0. The zero-order chi connectivity index (χ0) is 15.0. The molecule has 0 radical (unpaired) electrons. The maximum absolute atomic E-state index is 11.9. The molecule has 4 N–H and O–H groups in total. The van der Waals surface area contributed by atoms with Crippen LogP contribution in [0.2, 0.25) is 0 Å². The number of carbonyl (C=O) groups excluding carboxylic acids is 1. The second-order valence-corrected chi connectivity index (χ2v) is 7.02. The number of halogens is 1. The van der Waals surface area contributed by atoms with Crippen molar-refractivity contribution in [1.82, 2.24) is 10.0 Å². The first-order valence-electron chi connectivity index (χ1n) is 6.42. The fourth-order valence-corrected chi connectivity index (χ4v) is 2.64. The lowest BCUT2D eigenvalue weighted by Gasteiger charge is -2.18. The van der Waals surface area contributed by atoms with E-state index < -0.39 is 15.6 Å². The van der Waals surface area contributed by atoms with Crippen molar-refractivity contribution >= 4 is 28.3 Å². The van der Waals surface area contributed by atoms with Gasteiger partial charge < -0.3 is 11.1 Å². The molecule has 1 aliphatic rings. The Balaban J connectivity index is 0.00000220. The fraction of sp³-hybridized carbons (Fsp3) is 0.462. The van der Waals surface area contributed by atoms with Crippen LogP contribution in [0, 0.1) is 0 Å². The Labute approximate surface area is 130 Å². The van der Waals surface area contributed by atoms with Crippen LogP contribution in [0.5, 0.6) is 0 Å². The Kier molecular flexibility index (Phi) is 5.38. The number of rotatable bonds is 5. The molecule has 1 saturated carbocycles. The summed E-state index contributed by atoms with van der Waals surface area (Å²) < 4.78 is 25.8. The molecule has 6 nitrogen and oxygen atoms in total. The van der Waals surface area contributed by atoms with Crippen molar-refractivity contribution in [1.29, 1.82) is 0 Å². The third kappa shape index (κ3) is 3.94. The van der Waals surface area contributed by atoms with Crippen molar-refractivity contribution in [3.8, 4) is 0 Å². The molecule has 1 unspecified atom stereocenters. The summed E-state index contributed by atoms with van der Waals surface area (Å²) in [7, 11) is -2.13. The highest BCUT2D eigenvalue weighted by Crippen LogP contribution is 2.33. The summed E-state index contributed by atoms with van der Waals surface area (Å²) >= 11 is 0. The molecule has 0 bridgehead atoms. The quantitative estimate of drug-likeness (QED) is 0.737. The number of carbonyl (C=O) groups is 1. The Morgan fingerprint density at radius 1 is 1.38 bits per heavy atom. The van der Waals surface area contributed by atoms with E-state index in [4.69, 9.17) is 5.73 Å². The maximum atomic E-state index is 11.9. The molecule has 1 aromatic rings. The van der Waals surface area contributed by atoms with Crippen molar-refractivity contribution in [3.63, 3.8) is 0 Å². The van der Waals surface area contributed by atoms with Crippen molar-refractivity contribution in [2.75, 3.05) is 7.05 Å². The molecule has 0 saturated heterocycles. The van der Waals surface area contributed by atoms with Crippen LogP contribution in [-0.2, 0) is 14.8 Å². The summed E-state index contributed by atoms with van der Waals surface area (Å²) in [5.41, 5.74) is 5.81. The van der Waals surface area contributed by atoms with Crippen molar-refractivity contribution in [2.45, 2.75) is 36.2 Å². The van der Waals surface area contributed by atoms with E-state index in [1.807, 2.05) is 0 Å². The summed E-state index contributed by atoms with van der Waals surface area (Å²) in [4.78, 5) is 12.1. The van der Waals surface area contributed by atoms with E-state index in [-0.39, 0.29) is 29.3 Å². The molecule has 1 atom stereocenters. The average molecular weight is 334 g/mol. The molecule has 118 valence electrons. The predicted molar refractivity (Wildman–Crippen MR) is 82.6 cm³/mol. The van der Waals surface area contributed by atoms with Crippen LogP contribution in [0.15, 0.2) is 29.2 Å². The molecule has 1 fully saturated rings. The van der Waals surface area contributed by atoms with Crippen LogP contribution in [0.3, 0.4) is 0 Å². The van der Waals surface area contributed by atoms with Crippen molar-refractivity contribution in [2.24, 2.45) is 5.73 Å². The van der Waals surface area contributed by atoms with Gasteiger partial charge in [0.05, 0.1) is 16.5 Å². The highest BCUT2D eigenvalue weighted by Gasteiger charge is 2.46. The van der Waals surface area contributed by atoms with Gasteiger partial charge >= 0.3 is 0 Å². The zero-order valence-electron chi connectivity index (χ0n) is 11.9. The van der Waals surface area contributed by atoms with Gasteiger partial charge in [0, 0.05) is 0 Å². The van der Waals surface area contributed by atoms with Crippen LogP contribution in [0.1, 0.15) is 31.4 Å². The van der Waals surface area contributed by atoms with Crippen LogP contribution in [0.4, 0.5) is 0 Å². The molecule has 21 heavy (non-hydrogen) atoms. The fourth-order valence-electron chi connectivity index (χ4n) is 1.85. The number of amides is 1. The second-order valence-electron chi connectivity index (χ2n) is 5.13. The van der Waals surface area contributed by atoms with E-state index in [9.17, 15) is 13.2 Å². The zero-order valence-corrected chi connectivity index (χ0v) is 13.6. The normalized spacial score (nSPS) is 17.5. The van der Waals surface area contributed by atoms with Gasteiger partial charge in [-0.15, -0.1) is 12.4 Å². The standard InChI is InChI=1S/C13H19N3O3S.ClH/c1-9(16-12(17)13(14)6-7-13)10-4-3-5-11(8-10)20(18,19)15-2;/h3-5,8-9,15H,6-7,14H2,1-2H3,(H,16,17);1H. The summed E-state index contributed by atoms with van der Waals surface area (Å²) in [6.07, 6.45) is 1.39. The van der Waals surface area contributed by atoms with Gasteiger partial charge in [-0.1, -0.05) is 12.1 Å². The number of benzene rings is 1. The molecule has 1 aliphatic carbocycles. The molecule has 0 spiro atoms. The average Bonchev–Trinajstić information content (AvgIpc) is 3.18. The third-order valence-electron chi connectivity index (χ3n) is 3.53. The summed E-state index contributed by atoms with van der Waals surface area (Å²) in [5, 5.41) is 2.82. The van der Waals surface area contributed by atoms with Crippen molar-refractivity contribution in [3.05, 3.63) is 29.8 Å². The number of hydrogen-bond donors (Lipinski definition) is 3. The highest BCUT2D eigenvalue weighted by molar-refractivity contribution is 7.89. The first kappa shape index (κ1) is 17.9. The maximum Gasteiger partial charge on any atom is 0.240 e. The lowest BCUT2D eigenvalue weighted by Crippen LogP contribution is -2.43. The van der Waals surface area contributed by atoms with E-state index in [2.05, 4.69) is 10.0 Å². The molecular weight excluding hydrogens is 314 g/mol. The van der Waals surface area contributed by atoms with E-state index in [0.717, 1.165) is 5.56 Å². The summed E-state index contributed by atoms with van der Waals surface area (Å²) in [6.45, 7) is 1.80. The molecular formula is C13H20ClN3O3S. The second kappa shape index (κ2) is 6.31. The first-order chi connectivity index (χ1) is 9.28. The molecule has 1 aromatic carbocycles. The van der Waals surface area contributed by atoms with E-state index in [0.29, 0.717) is 12.8 Å². The Hall–Kier alpha value is -1.15. The van der Waals surface area contributed by atoms with Gasteiger partial charge in [0.25, 0.3) is 0 Å². The van der Waals surface area contributed by atoms with Gasteiger partial charge in [-0.25, -0.2) is 13.1 Å².